The van der Waals surface area contributed by atoms with Gasteiger partial charge in [-0.15, -0.1) is 6.58 Å². The summed E-state index contributed by atoms with van der Waals surface area (Å²) in [5, 5.41) is 9.54. The number of anilines is 1. The Balaban J connectivity index is 2.60. The third-order valence-corrected chi connectivity index (χ3v) is 2.50. The first-order valence-corrected chi connectivity index (χ1v) is 5.80. The van der Waals surface area contributed by atoms with Crippen LogP contribution >= 0.6 is 0 Å². The van der Waals surface area contributed by atoms with Crippen LogP contribution in [0.2, 0.25) is 0 Å². The molecule has 0 atom stereocenters. The van der Waals surface area contributed by atoms with Crippen LogP contribution < -0.4 is 11.1 Å². The second-order valence-electron chi connectivity index (χ2n) is 4.24. The molecule has 0 spiro atoms. The zero-order chi connectivity index (χ0) is 12.8. The Morgan fingerprint density at radius 3 is 2.88 bits per heavy atom. The summed E-state index contributed by atoms with van der Waals surface area (Å²) in [6.45, 7) is 8.22. The second kappa shape index (κ2) is 6.08. The fraction of sp³-hybridized carbons (Fsp3) is 0.500. The number of nitrogens with one attached hydrogen (secondary N) is 2. The van der Waals surface area contributed by atoms with Gasteiger partial charge in [0.15, 0.2) is 5.69 Å². The number of nitrogen functional groups attached to an aromatic ring is 1. The molecule has 0 bridgehead atoms. The first kappa shape index (κ1) is 13.3. The van der Waals surface area contributed by atoms with E-state index in [1.165, 1.54) is 0 Å². The topological polar surface area (TPSA) is 83.8 Å². The van der Waals surface area contributed by atoms with E-state index in [9.17, 15) is 4.79 Å². The van der Waals surface area contributed by atoms with Crippen LogP contribution in [0.25, 0.3) is 0 Å². The molecule has 0 aromatic carbocycles. The first-order chi connectivity index (χ1) is 8.07. The lowest BCUT2D eigenvalue weighted by molar-refractivity contribution is 0.0949. The van der Waals surface area contributed by atoms with Crippen molar-refractivity contribution in [3.05, 3.63) is 24.0 Å². The molecule has 0 unspecified atom stereocenters. The van der Waals surface area contributed by atoms with Crippen molar-refractivity contribution in [3.63, 3.8) is 0 Å². The van der Waals surface area contributed by atoms with Crippen molar-refractivity contribution in [3.8, 4) is 0 Å². The molecule has 94 valence electrons. The molecule has 0 aliphatic carbocycles. The SMILES string of the molecule is C=CCCCNC(=O)c1n[nH]c(C(C)C)c1N. The summed E-state index contributed by atoms with van der Waals surface area (Å²) < 4.78 is 0. The van der Waals surface area contributed by atoms with E-state index >= 15 is 0 Å². The molecule has 1 aromatic heterocycles. The quantitative estimate of drug-likeness (QED) is 0.520. The molecule has 0 fully saturated rings. The minimum atomic E-state index is -0.227. The fourth-order valence-electron chi connectivity index (χ4n) is 1.51. The third kappa shape index (κ3) is 3.34. The number of carbonyl (C=O) groups is 1. The minimum Gasteiger partial charge on any atom is -0.395 e. The number of nitrogens with two attached hydrogens (primary N) is 1. The summed E-state index contributed by atoms with van der Waals surface area (Å²) in [6, 6.07) is 0. The van der Waals surface area contributed by atoms with Gasteiger partial charge in [-0.3, -0.25) is 9.89 Å². The molecule has 1 rings (SSSR count). The highest BCUT2D eigenvalue weighted by Crippen LogP contribution is 2.21. The molecule has 1 amide bonds. The van der Waals surface area contributed by atoms with E-state index in [4.69, 9.17) is 5.73 Å². The van der Waals surface area contributed by atoms with Gasteiger partial charge in [-0.05, 0) is 18.8 Å². The highest BCUT2D eigenvalue weighted by Gasteiger charge is 2.18. The molecule has 0 saturated heterocycles. The molecule has 4 N–H and O–H groups in total. The van der Waals surface area contributed by atoms with Crippen molar-refractivity contribution >= 4 is 11.6 Å². The van der Waals surface area contributed by atoms with Gasteiger partial charge in [-0.2, -0.15) is 5.10 Å². The Bertz CT molecular complexity index is 395. The van der Waals surface area contributed by atoms with Gasteiger partial charge in [0.05, 0.1) is 11.4 Å². The lowest BCUT2D eigenvalue weighted by atomic mass is 10.1. The highest BCUT2D eigenvalue weighted by molar-refractivity contribution is 5.97. The van der Waals surface area contributed by atoms with Crippen molar-refractivity contribution in [1.29, 1.82) is 0 Å². The summed E-state index contributed by atoms with van der Waals surface area (Å²) in [5.41, 5.74) is 7.40. The average Bonchev–Trinajstić information content (AvgIpc) is 2.66. The van der Waals surface area contributed by atoms with E-state index in [2.05, 4.69) is 22.1 Å². The molecule has 0 aliphatic rings. The number of amides is 1. The molecule has 5 heteroatoms. The van der Waals surface area contributed by atoms with Crippen LogP contribution in [0.4, 0.5) is 5.69 Å². The second-order valence-corrected chi connectivity index (χ2v) is 4.24. The Morgan fingerprint density at radius 2 is 2.35 bits per heavy atom. The third-order valence-electron chi connectivity index (χ3n) is 2.50. The number of nitrogens with zero attached hydrogens (tertiary/aromatic N) is 1. The van der Waals surface area contributed by atoms with Gasteiger partial charge in [-0.1, -0.05) is 19.9 Å². The van der Waals surface area contributed by atoms with Crippen LogP contribution in [-0.2, 0) is 0 Å². The van der Waals surface area contributed by atoms with Crippen LogP contribution in [0, 0.1) is 0 Å². The minimum absolute atomic E-state index is 0.227. The number of allylic oxidation sites excluding steroid dienone is 1. The van der Waals surface area contributed by atoms with Crippen LogP contribution in [0.15, 0.2) is 12.7 Å². The van der Waals surface area contributed by atoms with Gasteiger partial charge in [0, 0.05) is 6.54 Å². The highest BCUT2D eigenvalue weighted by atomic mass is 16.1. The van der Waals surface area contributed by atoms with Crippen LogP contribution in [0.1, 0.15) is 48.8 Å². The average molecular weight is 236 g/mol. The first-order valence-electron chi connectivity index (χ1n) is 5.80. The molecule has 1 heterocycles. The van der Waals surface area contributed by atoms with Crippen molar-refractivity contribution in [2.24, 2.45) is 0 Å². The molecule has 17 heavy (non-hydrogen) atoms. The van der Waals surface area contributed by atoms with E-state index in [1.807, 2.05) is 19.9 Å². The Hall–Kier alpha value is -1.78. The molecule has 0 aliphatic heterocycles. The van der Waals surface area contributed by atoms with E-state index in [-0.39, 0.29) is 17.5 Å². The number of H-pyrrole nitrogens is 1. The largest absolute Gasteiger partial charge is 0.395 e. The normalized spacial score (nSPS) is 10.5. The number of hydrogen-bond donors (Lipinski definition) is 3. The summed E-state index contributed by atoms with van der Waals surface area (Å²) in [5.74, 6) is -0.000437. The number of hydrogen-bond acceptors (Lipinski definition) is 3. The van der Waals surface area contributed by atoms with E-state index < -0.39 is 0 Å². The van der Waals surface area contributed by atoms with Crippen LogP contribution in [0.3, 0.4) is 0 Å². The predicted molar refractivity (Wildman–Crippen MR) is 68.9 cm³/mol. The summed E-state index contributed by atoms with van der Waals surface area (Å²) in [4.78, 5) is 11.8. The number of rotatable bonds is 6. The van der Waals surface area contributed by atoms with Crippen molar-refractivity contribution < 1.29 is 4.79 Å². The van der Waals surface area contributed by atoms with Gasteiger partial charge in [0.25, 0.3) is 5.91 Å². The Morgan fingerprint density at radius 1 is 1.65 bits per heavy atom. The lowest BCUT2D eigenvalue weighted by Crippen LogP contribution is -2.25. The number of carbonyl (C=O) groups excluding carboxylic acids is 1. The van der Waals surface area contributed by atoms with E-state index in [0.29, 0.717) is 12.2 Å². The van der Waals surface area contributed by atoms with Crippen LogP contribution in [0.5, 0.6) is 0 Å². The lowest BCUT2D eigenvalue weighted by Gasteiger charge is -2.04. The van der Waals surface area contributed by atoms with Gasteiger partial charge in [0.1, 0.15) is 0 Å². The zero-order valence-electron chi connectivity index (χ0n) is 10.4. The molecular weight excluding hydrogens is 216 g/mol. The smallest absolute Gasteiger partial charge is 0.273 e. The summed E-state index contributed by atoms with van der Waals surface area (Å²) >= 11 is 0. The van der Waals surface area contributed by atoms with Gasteiger partial charge >= 0.3 is 0 Å². The standard InChI is InChI=1S/C12H20N4O/c1-4-5-6-7-14-12(17)11-9(13)10(8(2)3)15-16-11/h4,8H,1,5-7,13H2,2-3H3,(H,14,17)(H,15,16). The maximum Gasteiger partial charge on any atom is 0.273 e. The molecule has 0 saturated carbocycles. The molecule has 5 nitrogen and oxygen atoms in total. The summed E-state index contributed by atoms with van der Waals surface area (Å²) in [6.07, 6.45) is 3.58. The van der Waals surface area contributed by atoms with E-state index in [0.717, 1.165) is 18.5 Å². The molecule has 1 aromatic rings. The maximum absolute atomic E-state index is 11.8. The van der Waals surface area contributed by atoms with Crippen molar-refractivity contribution in [2.45, 2.75) is 32.6 Å². The predicted octanol–water partition coefficient (Wildman–Crippen LogP) is 1.81. The van der Waals surface area contributed by atoms with E-state index in [1.54, 1.807) is 0 Å². The van der Waals surface area contributed by atoms with Gasteiger partial charge in [0.2, 0.25) is 0 Å². The number of aromatic amines is 1. The molecular formula is C12H20N4O. The van der Waals surface area contributed by atoms with Crippen molar-refractivity contribution in [2.75, 3.05) is 12.3 Å². The molecule has 0 radical (unpaired) electrons. The van der Waals surface area contributed by atoms with Crippen molar-refractivity contribution in [1.82, 2.24) is 15.5 Å². The summed E-state index contributed by atoms with van der Waals surface area (Å²) in [7, 11) is 0. The Labute approximate surface area is 101 Å². The Kier molecular flexibility index (Phi) is 4.75. The zero-order valence-corrected chi connectivity index (χ0v) is 10.4. The fourth-order valence-corrected chi connectivity index (χ4v) is 1.51. The monoisotopic (exact) mass is 236 g/mol. The van der Waals surface area contributed by atoms with Gasteiger partial charge in [-0.25, -0.2) is 0 Å². The number of unbranched alkanes of at least 4 members (excludes halogenated alkanes) is 1. The van der Waals surface area contributed by atoms with Gasteiger partial charge < -0.3 is 11.1 Å². The maximum atomic E-state index is 11.8. The van der Waals surface area contributed by atoms with Crippen LogP contribution in [-0.4, -0.2) is 22.6 Å². The number of aromatic nitrogens is 2.